The molecule has 6 heteroatoms. The molecule has 1 rings (SSSR count). The first kappa shape index (κ1) is 9.40. The maximum atomic E-state index is 10.4. The van der Waals surface area contributed by atoms with Crippen molar-refractivity contribution >= 4 is 5.97 Å². The van der Waals surface area contributed by atoms with Crippen LogP contribution in [0.4, 0.5) is 0 Å². The van der Waals surface area contributed by atoms with Gasteiger partial charge in [0.05, 0.1) is 6.61 Å². The highest BCUT2D eigenvalue weighted by Gasteiger charge is 2.34. The lowest BCUT2D eigenvalue weighted by molar-refractivity contribution is -0.318. The van der Waals surface area contributed by atoms with Crippen molar-refractivity contribution in [2.75, 3.05) is 13.7 Å². The highest BCUT2D eigenvalue weighted by Crippen LogP contribution is 2.13. The Labute approximate surface area is 68.6 Å². The summed E-state index contributed by atoms with van der Waals surface area (Å²) >= 11 is 0. The Bertz CT molecular complexity index is 169. The standard InChI is InChI=1S/C6H10O6/c1-10-6-5(9)11-2-3(12-6)4(7)8/h3,5-6,9H,2H2,1H3,(H,7,8). The minimum absolute atomic E-state index is 0.170. The number of aliphatic carboxylic acids is 1. The van der Waals surface area contributed by atoms with E-state index in [9.17, 15) is 4.79 Å². The van der Waals surface area contributed by atoms with Crippen LogP contribution in [0.15, 0.2) is 0 Å². The summed E-state index contributed by atoms with van der Waals surface area (Å²) in [5.41, 5.74) is 0. The summed E-state index contributed by atoms with van der Waals surface area (Å²) in [6.07, 6.45) is -3.32. The SMILES string of the molecule is COC1OC(C(=O)O)COC1O. The van der Waals surface area contributed by atoms with Gasteiger partial charge in [-0.15, -0.1) is 0 Å². The van der Waals surface area contributed by atoms with Gasteiger partial charge >= 0.3 is 5.97 Å². The van der Waals surface area contributed by atoms with E-state index in [1.54, 1.807) is 0 Å². The second-order valence-electron chi connectivity index (χ2n) is 2.29. The van der Waals surface area contributed by atoms with Gasteiger partial charge in [-0.25, -0.2) is 4.79 Å². The highest BCUT2D eigenvalue weighted by molar-refractivity contribution is 5.72. The van der Waals surface area contributed by atoms with Crippen molar-refractivity contribution in [2.45, 2.75) is 18.7 Å². The Kier molecular flexibility index (Phi) is 2.99. The molecule has 0 saturated carbocycles. The van der Waals surface area contributed by atoms with Crippen molar-refractivity contribution in [2.24, 2.45) is 0 Å². The molecule has 1 aliphatic rings. The van der Waals surface area contributed by atoms with Gasteiger partial charge in [0.25, 0.3) is 0 Å². The molecule has 0 aromatic rings. The number of aliphatic hydroxyl groups is 1. The molecule has 12 heavy (non-hydrogen) atoms. The lowest BCUT2D eigenvalue weighted by Gasteiger charge is -2.30. The van der Waals surface area contributed by atoms with Gasteiger partial charge in [0.1, 0.15) is 0 Å². The summed E-state index contributed by atoms with van der Waals surface area (Å²) in [7, 11) is 1.29. The molecule has 3 atom stereocenters. The predicted octanol–water partition coefficient (Wildman–Crippen LogP) is -1.22. The van der Waals surface area contributed by atoms with Crippen LogP contribution in [0.5, 0.6) is 0 Å². The maximum absolute atomic E-state index is 10.4. The van der Waals surface area contributed by atoms with Gasteiger partial charge in [0.2, 0.25) is 12.6 Å². The normalized spacial score (nSPS) is 36.3. The zero-order valence-corrected chi connectivity index (χ0v) is 6.47. The quantitative estimate of drug-likeness (QED) is 0.551. The molecule has 0 aromatic heterocycles. The molecule has 6 nitrogen and oxygen atoms in total. The molecule has 1 aliphatic heterocycles. The number of carboxylic acids is 1. The van der Waals surface area contributed by atoms with Crippen LogP contribution in [0.2, 0.25) is 0 Å². The molecule has 0 spiro atoms. The van der Waals surface area contributed by atoms with E-state index in [0.29, 0.717) is 0 Å². The number of carbonyl (C=O) groups is 1. The van der Waals surface area contributed by atoms with Crippen LogP contribution in [-0.4, -0.2) is 48.6 Å². The van der Waals surface area contributed by atoms with Crippen molar-refractivity contribution in [3.05, 3.63) is 0 Å². The summed E-state index contributed by atoms with van der Waals surface area (Å²) in [6.45, 7) is -0.170. The lowest BCUT2D eigenvalue weighted by Crippen LogP contribution is -2.47. The number of ether oxygens (including phenoxy) is 3. The van der Waals surface area contributed by atoms with Crippen LogP contribution in [0.25, 0.3) is 0 Å². The van der Waals surface area contributed by atoms with E-state index < -0.39 is 24.7 Å². The Morgan fingerprint density at radius 3 is 2.83 bits per heavy atom. The largest absolute Gasteiger partial charge is 0.479 e. The van der Waals surface area contributed by atoms with E-state index in [1.807, 2.05) is 0 Å². The van der Waals surface area contributed by atoms with E-state index >= 15 is 0 Å². The summed E-state index contributed by atoms with van der Waals surface area (Å²) in [4.78, 5) is 10.4. The van der Waals surface area contributed by atoms with Gasteiger partial charge in [-0.2, -0.15) is 0 Å². The molecule has 0 radical (unpaired) electrons. The second kappa shape index (κ2) is 3.81. The fourth-order valence-electron chi connectivity index (χ4n) is 0.834. The molecule has 1 saturated heterocycles. The Morgan fingerprint density at radius 2 is 2.33 bits per heavy atom. The number of hydrogen-bond donors (Lipinski definition) is 2. The molecule has 70 valence electrons. The average molecular weight is 178 g/mol. The number of carboxylic acid groups (broad SMARTS) is 1. The Hall–Kier alpha value is -0.690. The van der Waals surface area contributed by atoms with E-state index in [2.05, 4.69) is 9.47 Å². The molecule has 0 amide bonds. The molecule has 0 bridgehead atoms. The number of aliphatic hydroxyl groups excluding tert-OH is 1. The summed E-state index contributed by atoms with van der Waals surface area (Å²) in [6, 6.07) is 0. The smallest absolute Gasteiger partial charge is 0.335 e. The number of methoxy groups -OCH3 is 1. The summed E-state index contributed by atoms with van der Waals surface area (Å²) in [5.74, 6) is -1.14. The van der Waals surface area contributed by atoms with E-state index in [-0.39, 0.29) is 6.61 Å². The molecule has 1 fully saturated rings. The minimum Gasteiger partial charge on any atom is -0.479 e. The molecule has 3 unspecified atom stereocenters. The topological polar surface area (TPSA) is 85.2 Å². The van der Waals surface area contributed by atoms with Crippen molar-refractivity contribution < 1.29 is 29.2 Å². The fourth-order valence-corrected chi connectivity index (χ4v) is 0.834. The van der Waals surface area contributed by atoms with Crippen LogP contribution in [-0.2, 0) is 19.0 Å². The minimum atomic E-state index is -1.22. The van der Waals surface area contributed by atoms with Crippen LogP contribution in [0.3, 0.4) is 0 Å². The first-order chi connectivity index (χ1) is 5.65. The van der Waals surface area contributed by atoms with Crippen molar-refractivity contribution in [1.82, 2.24) is 0 Å². The Balaban J connectivity index is 2.49. The Morgan fingerprint density at radius 1 is 1.67 bits per heavy atom. The summed E-state index contributed by atoms with van der Waals surface area (Å²) < 4.78 is 14.1. The van der Waals surface area contributed by atoms with Crippen LogP contribution >= 0.6 is 0 Å². The zero-order valence-electron chi connectivity index (χ0n) is 6.47. The molecular weight excluding hydrogens is 168 g/mol. The van der Waals surface area contributed by atoms with Crippen molar-refractivity contribution in [3.63, 3.8) is 0 Å². The van der Waals surface area contributed by atoms with Crippen LogP contribution in [0, 0.1) is 0 Å². The molecule has 0 aromatic carbocycles. The number of rotatable bonds is 2. The third kappa shape index (κ3) is 1.92. The predicted molar refractivity (Wildman–Crippen MR) is 35.3 cm³/mol. The molecule has 0 aliphatic carbocycles. The van der Waals surface area contributed by atoms with Gasteiger partial charge in [-0.3, -0.25) is 0 Å². The third-order valence-electron chi connectivity index (χ3n) is 1.46. The molecule has 1 heterocycles. The van der Waals surface area contributed by atoms with Crippen molar-refractivity contribution in [1.29, 1.82) is 0 Å². The van der Waals surface area contributed by atoms with Gasteiger partial charge in [0, 0.05) is 7.11 Å². The van der Waals surface area contributed by atoms with E-state index in [0.717, 1.165) is 0 Å². The van der Waals surface area contributed by atoms with Gasteiger partial charge in [0.15, 0.2) is 6.10 Å². The molecular formula is C6H10O6. The summed E-state index contributed by atoms with van der Waals surface area (Å²) in [5, 5.41) is 17.5. The maximum Gasteiger partial charge on any atom is 0.335 e. The van der Waals surface area contributed by atoms with Crippen LogP contribution in [0.1, 0.15) is 0 Å². The lowest BCUT2D eigenvalue weighted by atomic mass is 10.3. The monoisotopic (exact) mass is 178 g/mol. The van der Waals surface area contributed by atoms with E-state index in [1.165, 1.54) is 7.11 Å². The first-order valence-electron chi connectivity index (χ1n) is 3.36. The third-order valence-corrected chi connectivity index (χ3v) is 1.46. The first-order valence-corrected chi connectivity index (χ1v) is 3.36. The van der Waals surface area contributed by atoms with Crippen LogP contribution < -0.4 is 0 Å². The van der Waals surface area contributed by atoms with Gasteiger partial charge in [-0.05, 0) is 0 Å². The zero-order chi connectivity index (χ0) is 9.14. The average Bonchev–Trinajstić information content (AvgIpc) is 2.05. The van der Waals surface area contributed by atoms with Crippen molar-refractivity contribution in [3.8, 4) is 0 Å². The fraction of sp³-hybridized carbons (Fsp3) is 0.833. The molecule has 2 N–H and O–H groups in total. The number of hydrogen-bond acceptors (Lipinski definition) is 5. The second-order valence-corrected chi connectivity index (χ2v) is 2.29. The highest BCUT2D eigenvalue weighted by atomic mass is 16.8. The van der Waals surface area contributed by atoms with Gasteiger partial charge < -0.3 is 24.4 Å². The van der Waals surface area contributed by atoms with E-state index in [4.69, 9.17) is 14.9 Å². The van der Waals surface area contributed by atoms with Gasteiger partial charge in [-0.1, -0.05) is 0 Å².